The summed E-state index contributed by atoms with van der Waals surface area (Å²) in [6, 6.07) is 6.69. The van der Waals surface area contributed by atoms with Crippen LogP contribution in [0.25, 0.3) is 0 Å². The van der Waals surface area contributed by atoms with Gasteiger partial charge >= 0.3 is 11.9 Å². The molecule has 4 heteroatoms. The number of rotatable bonds is 24. The summed E-state index contributed by atoms with van der Waals surface area (Å²) in [5.41, 5.74) is 0.825. The van der Waals surface area contributed by atoms with E-state index in [0.717, 1.165) is 25.7 Å². The minimum absolute atomic E-state index is 0.365. The Balaban J connectivity index is 2.10. The van der Waals surface area contributed by atoms with Crippen LogP contribution < -0.4 is 0 Å². The Bertz CT molecular complexity index is 617. The number of ether oxygens (including phenoxy) is 2. The smallest absolute Gasteiger partial charge is 0.338 e. The summed E-state index contributed by atoms with van der Waals surface area (Å²) in [5.74, 6) is -0.731. The minimum atomic E-state index is -0.365. The van der Waals surface area contributed by atoms with Gasteiger partial charge < -0.3 is 9.47 Å². The highest BCUT2D eigenvalue weighted by Crippen LogP contribution is 2.13. The summed E-state index contributed by atoms with van der Waals surface area (Å²) in [6.07, 6.45) is 25.0. The van der Waals surface area contributed by atoms with Crippen LogP contribution >= 0.6 is 0 Å². The number of hydrogen-bond donors (Lipinski definition) is 0. The Labute approximate surface area is 221 Å². The van der Waals surface area contributed by atoms with Gasteiger partial charge in [0.2, 0.25) is 0 Å². The Morgan fingerprint density at radius 2 is 0.806 bits per heavy atom. The Morgan fingerprint density at radius 1 is 0.500 bits per heavy atom. The van der Waals surface area contributed by atoms with E-state index in [1.165, 1.54) is 103 Å². The molecular formula is C32H54O4. The van der Waals surface area contributed by atoms with Crippen molar-refractivity contribution in [3.8, 4) is 0 Å². The third kappa shape index (κ3) is 17.6. The second-order valence-electron chi connectivity index (χ2n) is 10.2. The van der Waals surface area contributed by atoms with Crippen LogP contribution in [-0.4, -0.2) is 25.2 Å². The number of benzene rings is 1. The van der Waals surface area contributed by atoms with Crippen LogP contribution in [0.3, 0.4) is 0 Å². The van der Waals surface area contributed by atoms with Crippen molar-refractivity contribution in [1.29, 1.82) is 0 Å². The van der Waals surface area contributed by atoms with Crippen LogP contribution in [-0.2, 0) is 9.47 Å². The highest BCUT2D eigenvalue weighted by Gasteiger charge is 2.12. The number of hydrogen-bond acceptors (Lipinski definition) is 4. The molecule has 0 saturated heterocycles. The van der Waals surface area contributed by atoms with Gasteiger partial charge in [0.15, 0.2) is 0 Å². The molecule has 0 amide bonds. The van der Waals surface area contributed by atoms with E-state index >= 15 is 0 Å². The summed E-state index contributed by atoms with van der Waals surface area (Å²) in [5, 5.41) is 0. The van der Waals surface area contributed by atoms with Gasteiger partial charge in [-0.3, -0.25) is 0 Å². The van der Waals surface area contributed by atoms with E-state index in [9.17, 15) is 9.59 Å². The predicted molar refractivity (Wildman–Crippen MR) is 151 cm³/mol. The van der Waals surface area contributed by atoms with Crippen molar-refractivity contribution < 1.29 is 19.1 Å². The van der Waals surface area contributed by atoms with E-state index in [1.54, 1.807) is 24.3 Å². The molecule has 0 fully saturated rings. The second kappa shape index (κ2) is 23.6. The average Bonchev–Trinajstić information content (AvgIpc) is 2.90. The number of unbranched alkanes of at least 4 members (excludes halogenated alkanes) is 18. The van der Waals surface area contributed by atoms with E-state index in [-0.39, 0.29) is 11.9 Å². The predicted octanol–water partition coefficient (Wildman–Crippen LogP) is 9.84. The van der Waals surface area contributed by atoms with Crippen LogP contribution in [0, 0.1) is 0 Å². The van der Waals surface area contributed by atoms with Crippen molar-refractivity contribution in [1.82, 2.24) is 0 Å². The molecule has 0 saturated carbocycles. The van der Waals surface area contributed by atoms with Gasteiger partial charge in [0.1, 0.15) is 0 Å². The van der Waals surface area contributed by atoms with E-state index in [4.69, 9.17) is 9.47 Å². The van der Waals surface area contributed by atoms with Crippen LogP contribution in [0.1, 0.15) is 163 Å². The van der Waals surface area contributed by atoms with Gasteiger partial charge in [-0.25, -0.2) is 9.59 Å². The van der Waals surface area contributed by atoms with Crippen molar-refractivity contribution in [3.63, 3.8) is 0 Å². The molecule has 1 aromatic rings. The van der Waals surface area contributed by atoms with E-state index in [1.807, 2.05) is 0 Å². The molecule has 0 radical (unpaired) electrons. The van der Waals surface area contributed by atoms with Crippen molar-refractivity contribution in [3.05, 3.63) is 35.4 Å². The standard InChI is InChI=1S/C32H54O4/c1-3-5-7-9-11-13-15-17-19-21-26-35-31(33)29-24-23-25-30(28-29)32(34)36-27-22-20-18-16-14-12-10-8-6-4-2/h23-25,28H,3-22,26-27H2,1-2H3. The van der Waals surface area contributed by atoms with Gasteiger partial charge in [-0.2, -0.15) is 0 Å². The van der Waals surface area contributed by atoms with E-state index in [0.29, 0.717) is 24.3 Å². The molecule has 0 spiro atoms. The SMILES string of the molecule is CCCCCCCCCCCCOC(=O)c1cccc(C(=O)OCCCCCCCCCCCC)c1. The van der Waals surface area contributed by atoms with E-state index in [2.05, 4.69) is 13.8 Å². The Morgan fingerprint density at radius 3 is 1.14 bits per heavy atom. The number of carbonyl (C=O) groups is 2. The summed E-state index contributed by atoms with van der Waals surface area (Å²) in [6.45, 7) is 5.36. The largest absolute Gasteiger partial charge is 0.462 e. The third-order valence-corrected chi connectivity index (χ3v) is 6.80. The second-order valence-corrected chi connectivity index (χ2v) is 10.2. The van der Waals surface area contributed by atoms with Gasteiger partial charge in [0.25, 0.3) is 0 Å². The lowest BCUT2D eigenvalue weighted by Gasteiger charge is -2.08. The molecule has 1 aromatic carbocycles. The maximum atomic E-state index is 12.4. The fraction of sp³-hybridized carbons (Fsp3) is 0.750. The lowest BCUT2D eigenvalue weighted by Crippen LogP contribution is -2.10. The van der Waals surface area contributed by atoms with Crippen LogP contribution in [0.2, 0.25) is 0 Å². The molecule has 0 bridgehead atoms. The van der Waals surface area contributed by atoms with Gasteiger partial charge in [-0.1, -0.05) is 135 Å². The van der Waals surface area contributed by atoms with Gasteiger partial charge in [0.05, 0.1) is 24.3 Å². The lowest BCUT2D eigenvalue weighted by atomic mass is 10.1. The highest BCUT2D eigenvalue weighted by atomic mass is 16.5. The van der Waals surface area contributed by atoms with Crippen molar-refractivity contribution in [2.24, 2.45) is 0 Å². The monoisotopic (exact) mass is 502 g/mol. The van der Waals surface area contributed by atoms with E-state index < -0.39 is 0 Å². The zero-order valence-corrected chi connectivity index (χ0v) is 23.5. The quantitative estimate of drug-likeness (QED) is 0.104. The van der Waals surface area contributed by atoms with Gasteiger partial charge in [-0.05, 0) is 31.0 Å². The molecule has 0 heterocycles. The zero-order chi connectivity index (χ0) is 26.1. The summed E-state index contributed by atoms with van der Waals surface area (Å²) >= 11 is 0. The molecular weight excluding hydrogens is 448 g/mol. The topological polar surface area (TPSA) is 52.6 Å². The molecule has 4 nitrogen and oxygen atoms in total. The Hall–Kier alpha value is -1.84. The molecule has 36 heavy (non-hydrogen) atoms. The molecule has 0 atom stereocenters. The first-order valence-corrected chi connectivity index (χ1v) is 15.1. The lowest BCUT2D eigenvalue weighted by molar-refractivity contribution is 0.0496. The molecule has 0 unspecified atom stereocenters. The summed E-state index contributed by atoms with van der Waals surface area (Å²) in [7, 11) is 0. The summed E-state index contributed by atoms with van der Waals surface area (Å²) < 4.78 is 10.8. The van der Waals surface area contributed by atoms with Crippen LogP contribution in [0.4, 0.5) is 0 Å². The first-order chi connectivity index (χ1) is 17.7. The van der Waals surface area contributed by atoms with Crippen molar-refractivity contribution in [2.45, 2.75) is 142 Å². The van der Waals surface area contributed by atoms with Crippen molar-refractivity contribution in [2.75, 3.05) is 13.2 Å². The van der Waals surface area contributed by atoms with Crippen molar-refractivity contribution >= 4 is 11.9 Å². The first kappa shape index (κ1) is 32.2. The molecule has 0 N–H and O–H groups in total. The average molecular weight is 503 g/mol. The molecule has 1 rings (SSSR count). The Kier molecular flexibility index (Phi) is 21.1. The fourth-order valence-electron chi connectivity index (χ4n) is 4.45. The molecule has 0 aliphatic heterocycles. The van der Waals surface area contributed by atoms with Gasteiger partial charge in [-0.15, -0.1) is 0 Å². The molecule has 0 aliphatic rings. The first-order valence-electron chi connectivity index (χ1n) is 15.1. The number of carbonyl (C=O) groups excluding carboxylic acids is 2. The maximum absolute atomic E-state index is 12.4. The highest BCUT2D eigenvalue weighted by molar-refractivity contribution is 5.95. The normalized spacial score (nSPS) is 10.9. The molecule has 0 aliphatic carbocycles. The zero-order valence-electron chi connectivity index (χ0n) is 23.5. The van der Waals surface area contributed by atoms with Crippen LogP contribution in [0.5, 0.6) is 0 Å². The van der Waals surface area contributed by atoms with Gasteiger partial charge in [0, 0.05) is 0 Å². The minimum Gasteiger partial charge on any atom is -0.462 e. The maximum Gasteiger partial charge on any atom is 0.338 e. The molecule has 206 valence electrons. The van der Waals surface area contributed by atoms with Crippen LogP contribution in [0.15, 0.2) is 24.3 Å². The molecule has 0 aromatic heterocycles. The third-order valence-electron chi connectivity index (χ3n) is 6.80. The fourth-order valence-corrected chi connectivity index (χ4v) is 4.45. The number of esters is 2. The summed E-state index contributed by atoms with van der Waals surface area (Å²) in [4.78, 5) is 24.7.